The van der Waals surface area contributed by atoms with Gasteiger partial charge in [0.25, 0.3) is 0 Å². The molecule has 0 unspecified atom stereocenters. The fraction of sp³-hybridized carbons (Fsp3) is 0.462. The van der Waals surface area contributed by atoms with Gasteiger partial charge in [0.05, 0.1) is 11.0 Å². The maximum absolute atomic E-state index is 13.8. The molecule has 0 spiro atoms. The summed E-state index contributed by atoms with van der Waals surface area (Å²) < 4.78 is 27.7. The second-order valence-electron chi connectivity index (χ2n) is 4.45. The van der Waals surface area contributed by atoms with Crippen molar-refractivity contribution in [2.24, 2.45) is 0 Å². The van der Waals surface area contributed by atoms with Crippen molar-refractivity contribution in [2.75, 3.05) is 6.54 Å². The number of benzene rings is 1. The summed E-state index contributed by atoms with van der Waals surface area (Å²) in [6.45, 7) is 0.583. The first-order chi connectivity index (χ1) is 8.59. The summed E-state index contributed by atoms with van der Waals surface area (Å²) in [5, 5.41) is 0. The third-order valence-corrected chi connectivity index (χ3v) is 3.77. The predicted molar refractivity (Wildman–Crippen MR) is 67.9 cm³/mol. The average Bonchev–Trinajstić information content (AvgIpc) is 2.55. The fourth-order valence-corrected chi connectivity index (χ4v) is 2.48. The van der Waals surface area contributed by atoms with E-state index < -0.39 is 11.6 Å². The number of carbonyl (C=O) groups excluding carboxylic acids is 1. The Morgan fingerprint density at radius 1 is 1.22 bits per heavy atom. The van der Waals surface area contributed by atoms with E-state index in [9.17, 15) is 13.6 Å². The SMILES string of the molecule is O=C1CCCCCN1Cc1c(F)ccc(Br)c1F. The Morgan fingerprint density at radius 3 is 2.78 bits per heavy atom. The summed E-state index contributed by atoms with van der Waals surface area (Å²) in [6.07, 6.45) is 3.21. The van der Waals surface area contributed by atoms with Gasteiger partial charge in [0.1, 0.15) is 11.6 Å². The van der Waals surface area contributed by atoms with E-state index in [0.29, 0.717) is 13.0 Å². The lowest BCUT2D eigenvalue weighted by Crippen LogP contribution is -2.30. The quantitative estimate of drug-likeness (QED) is 0.763. The van der Waals surface area contributed by atoms with Crippen LogP contribution in [0.15, 0.2) is 16.6 Å². The summed E-state index contributed by atoms with van der Waals surface area (Å²) in [4.78, 5) is 13.3. The summed E-state index contributed by atoms with van der Waals surface area (Å²) in [5.41, 5.74) is -0.0420. The molecule has 0 aromatic heterocycles. The fourth-order valence-electron chi connectivity index (χ4n) is 2.11. The highest BCUT2D eigenvalue weighted by molar-refractivity contribution is 9.10. The van der Waals surface area contributed by atoms with Crippen LogP contribution in [0.5, 0.6) is 0 Å². The zero-order chi connectivity index (χ0) is 13.1. The molecule has 1 saturated heterocycles. The Bertz CT molecular complexity index is 465. The normalized spacial score (nSPS) is 16.8. The lowest BCUT2D eigenvalue weighted by Gasteiger charge is -2.21. The molecule has 1 amide bonds. The molecule has 98 valence electrons. The highest BCUT2D eigenvalue weighted by Crippen LogP contribution is 2.24. The van der Waals surface area contributed by atoms with Crippen LogP contribution in [0, 0.1) is 11.6 Å². The molecule has 1 aromatic rings. The van der Waals surface area contributed by atoms with Gasteiger partial charge in [-0.3, -0.25) is 4.79 Å². The van der Waals surface area contributed by atoms with Crippen LogP contribution in [-0.2, 0) is 11.3 Å². The molecule has 5 heteroatoms. The van der Waals surface area contributed by atoms with Crippen molar-refractivity contribution in [3.63, 3.8) is 0 Å². The minimum absolute atomic E-state index is 0.00986. The topological polar surface area (TPSA) is 20.3 Å². The highest BCUT2D eigenvalue weighted by Gasteiger charge is 2.21. The lowest BCUT2D eigenvalue weighted by atomic mass is 10.1. The number of amides is 1. The second kappa shape index (κ2) is 5.78. The molecular formula is C13H14BrF2NO. The number of likely N-dealkylation sites (tertiary alicyclic amines) is 1. The Morgan fingerprint density at radius 2 is 2.00 bits per heavy atom. The van der Waals surface area contributed by atoms with E-state index in [-0.39, 0.29) is 22.5 Å². The number of nitrogens with zero attached hydrogens (tertiary/aromatic N) is 1. The van der Waals surface area contributed by atoms with Gasteiger partial charge in [0.2, 0.25) is 5.91 Å². The van der Waals surface area contributed by atoms with E-state index in [4.69, 9.17) is 0 Å². The molecule has 0 radical (unpaired) electrons. The maximum atomic E-state index is 13.8. The smallest absolute Gasteiger partial charge is 0.222 e. The third-order valence-electron chi connectivity index (χ3n) is 3.16. The molecule has 18 heavy (non-hydrogen) atoms. The number of rotatable bonds is 2. The summed E-state index contributed by atoms with van der Waals surface area (Å²) in [5.74, 6) is -1.24. The van der Waals surface area contributed by atoms with Gasteiger partial charge in [-0.15, -0.1) is 0 Å². The van der Waals surface area contributed by atoms with E-state index in [2.05, 4.69) is 15.9 Å². The molecule has 0 saturated carbocycles. The van der Waals surface area contributed by atoms with Crippen LogP contribution in [0.3, 0.4) is 0 Å². The van der Waals surface area contributed by atoms with Crippen LogP contribution in [0.1, 0.15) is 31.2 Å². The zero-order valence-electron chi connectivity index (χ0n) is 9.89. The van der Waals surface area contributed by atoms with Crippen LogP contribution in [-0.4, -0.2) is 17.4 Å². The molecule has 1 fully saturated rings. The third kappa shape index (κ3) is 2.88. The monoisotopic (exact) mass is 317 g/mol. The predicted octanol–water partition coefficient (Wildman–Crippen LogP) is 3.63. The summed E-state index contributed by atoms with van der Waals surface area (Å²) >= 11 is 3.03. The molecule has 1 heterocycles. The van der Waals surface area contributed by atoms with Gasteiger partial charge in [0.15, 0.2) is 0 Å². The molecule has 2 rings (SSSR count). The first kappa shape index (κ1) is 13.5. The van der Waals surface area contributed by atoms with Gasteiger partial charge in [-0.1, -0.05) is 6.42 Å². The van der Waals surface area contributed by atoms with E-state index in [0.717, 1.165) is 19.3 Å². The van der Waals surface area contributed by atoms with Gasteiger partial charge < -0.3 is 4.90 Å². The minimum Gasteiger partial charge on any atom is -0.338 e. The molecule has 1 aromatic carbocycles. The molecule has 0 atom stereocenters. The van der Waals surface area contributed by atoms with Crippen molar-refractivity contribution in [1.29, 1.82) is 0 Å². The van der Waals surface area contributed by atoms with Crippen molar-refractivity contribution >= 4 is 21.8 Å². The largest absolute Gasteiger partial charge is 0.338 e. The van der Waals surface area contributed by atoms with E-state index in [1.54, 1.807) is 4.90 Å². The van der Waals surface area contributed by atoms with Gasteiger partial charge in [0, 0.05) is 18.5 Å². The van der Waals surface area contributed by atoms with E-state index >= 15 is 0 Å². The van der Waals surface area contributed by atoms with Crippen molar-refractivity contribution in [3.05, 3.63) is 33.8 Å². The molecule has 0 N–H and O–H groups in total. The van der Waals surface area contributed by atoms with Crippen LogP contribution in [0.25, 0.3) is 0 Å². The maximum Gasteiger partial charge on any atom is 0.222 e. The van der Waals surface area contributed by atoms with Gasteiger partial charge in [-0.25, -0.2) is 8.78 Å². The Labute approximate surface area is 113 Å². The van der Waals surface area contributed by atoms with E-state index in [1.807, 2.05) is 0 Å². The first-order valence-electron chi connectivity index (χ1n) is 5.99. The molecule has 0 bridgehead atoms. The van der Waals surface area contributed by atoms with Crippen molar-refractivity contribution < 1.29 is 13.6 Å². The second-order valence-corrected chi connectivity index (χ2v) is 5.30. The van der Waals surface area contributed by atoms with Gasteiger partial charge >= 0.3 is 0 Å². The molecule has 1 aliphatic heterocycles. The van der Waals surface area contributed by atoms with Crippen molar-refractivity contribution in [2.45, 2.75) is 32.2 Å². The number of hydrogen-bond acceptors (Lipinski definition) is 1. The summed E-state index contributed by atoms with van der Waals surface area (Å²) in [6, 6.07) is 2.54. The zero-order valence-corrected chi connectivity index (χ0v) is 11.5. The van der Waals surface area contributed by atoms with Crippen LogP contribution < -0.4 is 0 Å². The Balaban J connectivity index is 2.22. The molecule has 1 aliphatic rings. The Hall–Kier alpha value is -0.970. The van der Waals surface area contributed by atoms with Crippen LogP contribution in [0.4, 0.5) is 8.78 Å². The highest BCUT2D eigenvalue weighted by atomic mass is 79.9. The lowest BCUT2D eigenvalue weighted by molar-refractivity contribution is -0.131. The number of halogens is 3. The standard InChI is InChI=1S/C13H14BrF2NO/c14-10-5-6-11(15)9(13(10)16)8-17-7-3-1-2-4-12(17)18/h5-6H,1-4,7-8H2. The molecule has 0 aliphatic carbocycles. The van der Waals surface area contributed by atoms with Gasteiger partial charge in [-0.2, -0.15) is 0 Å². The summed E-state index contributed by atoms with van der Waals surface area (Å²) in [7, 11) is 0. The number of carbonyl (C=O) groups is 1. The minimum atomic E-state index is -0.618. The first-order valence-corrected chi connectivity index (χ1v) is 6.79. The molecular weight excluding hydrogens is 304 g/mol. The average molecular weight is 318 g/mol. The van der Waals surface area contributed by atoms with Crippen LogP contribution in [0.2, 0.25) is 0 Å². The molecule has 2 nitrogen and oxygen atoms in total. The Kier molecular flexibility index (Phi) is 4.32. The van der Waals surface area contributed by atoms with Gasteiger partial charge in [-0.05, 0) is 40.9 Å². The van der Waals surface area contributed by atoms with Crippen LogP contribution >= 0.6 is 15.9 Å². The van der Waals surface area contributed by atoms with Crippen molar-refractivity contribution in [3.8, 4) is 0 Å². The van der Waals surface area contributed by atoms with E-state index in [1.165, 1.54) is 12.1 Å². The number of hydrogen-bond donors (Lipinski definition) is 0. The van der Waals surface area contributed by atoms with Crippen molar-refractivity contribution in [1.82, 2.24) is 4.90 Å².